The Balaban J connectivity index is 1.15. The number of hydrogen-bond donors (Lipinski definition) is 8. The molecular weight excluding hydrogens is 1400 g/mol. The largest absolute Gasteiger partial charge is 0.494 e. The maximum absolute atomic E-state index is 14.0. The van der Waals surface area contributed by atoms with E-state index < -0.39 is 98.2 Å². The topological polar surface area (TPSA) is 503 Å². The van der Waals surface area contributed by atoms with Crippen molar-refractivity contribution in [2.75, 3.05) is 49.6 Å². The predicted molar refractivity (Wildman–Crippen MR) is 355 cm³/mol. The molecule has 1 atom stereocenters. The van der Waals surface area contributed by atoms with Crippen molar-refractivity contribution >= 4 is 129 Å². The lowest BCUT2D eigenvalue weighted by atomic mass is 9.93. The predicted octanol–water partition coefficient (Wildman–Crippen LogP) is 12.9. The molecular formula is C58H64N10O23S6. The van der Waals surface area contributed by atoms with Crippen molar-refractivity contribution in [1.82, 2.24) is 0 Å². The molecule has 6 aromatic carbocycles. The van der Waals surface area contributed by atoms with E-state index in [1.165, 1.54) is 81.8 Å². The van der Waals surface area contributed by atoms with Crippen molar-refractivity contribution < 1.29 is 102 Å². The molecule has 0 saturated heterocycles. The zero-order valence-electron chi connectivity index (χ0n) is 52.5. The molecule has 0 bridgehead atoms. The van der Waals surface area contributed by atoms with E-state index in [1.807, 2.05) is 0 Å². The van der Waals surface area contributed by atoms with Gasteiger partial charge in [0.05, 0.1) is 94.2 Å². The highest BCUT2D eigenvalue weighted by Gasteiger charge is 2.28. The lowest BCUT2D eigenvalue weighted by molar-refractivity contribution is 0.261. The number of amides is 2. The molecule has 33 nitrogen and oxygen atoms in total. The summed E-state index contributed by atoms with van der Waals surface area (Å²) >= 11 is 0. The summed E-state index contributed by atoms with van der Waals surface area (Å²) in [6, 6.07) is 16.5. The molecule has 1 unspecified atom stereocenters. The maximum Gasteiger partial charge on any atom is 0.323 e. The highest BCUT2D eigenvalue weighted by molar-refractivity contribution is 7.89. The van der Waals surface area contributed by atoms with E-state index in [0.717, 1.165) is 19.1 Å². The molecule has 2 amide bonds. The van der Waals surface area contributed by atoms with Crippen LogP contribution < -0.4 is 29.6 Å². The van der Waals surface area contributed by atoms with Gasteiger partial charge in [-0.05, 0) is 167 Å². The molecule has 0 heterocycles. The standard InChI is InChI=1S/C58H64N10O23S6/c1-32-19-49(55(90-15-9-17-92(70,71)72)30-47(32)65-67-51-21-34(3)45(28-53(51)88-7)63-61-40-13-11-38(23-36(5)94(76,77)78)43(25-40)37(6)95(79,80)81)59-58(69)60-50-20-33(2)48(31-56(50)91-16-10-18-93(73,74)75)66-68-52-22-35(4)46(29-54(52)89-8)64-62-41-14-12-39-24-42(96(82,83)84)27-57(44(39)26-41)97(85,86)87/h12,14,19-31,37H,9-11,13,15-18H2,1-8H3,(H2,59,60,69)(H,70,71,72)(H,73,74,75)(H,76,77,78)(H,79,80,81)(H,82,83,84)(H,85,86,87)/b36-23+,63-61?,64-62?,67-65?,68-66?. The third-order valence-corrected chi connectivity index (χ3v) is 19.7. The number of aryl methyl sites for hydroxylation is 4. The van der Waals surface area contributed by atoms with Gasteiger partial charge in [-0.3, -0.25) is 27.3 Å². The van der Waals surface area contributed by atoms with Crippen LogP contribution in [-0.2, 0) is 60.7 Å². The Morgan fingerprint density at radius 1 is 0.536 bits per heavy atom. The van der Waals surface area contributed by atoms with Gasteiger partial charge in [0, 0.05) is 29.7 Å². The minimum atomic E-state index is -5.00. The van der Waals surface area contributed by atoms with E-state index in [-0.39, 0.29) is 141 Å². The second-order valence-electron chi connectivity index (χ2n) is 21.5. The Kier molecular flexibility index (Phi) is 23.9. The van der Waals surface area contributed by atoms with E-state index in [0.29, 0.717) is 28.3 Å². The minimum absolute atomic E-state index is 0.0300. The lowest BCUT2D eigenvalue weighted by Gasteiger charge is -2.20. The fraction of sp³-hybridized carbons (Fsp3) is 0.293. The number of nitrogens with one attached hydrogen (secondary N) is 2. The molecule has 1 aliphatic rings. The molecule has 7 rings (SSSR count). The van der Waals surface area contributed by atoms with E-state index >= 15 is 0 Å². The summed E-state index contributed by atoms with van der Waals surface area (Å²) in [5.74, 6) is -1.12. The van der Waals surface area contributed by atoms with E-state index in [1.54, 1.807) is 39.8 Å². The molecule has 39 heteroatoms. The van der Waals surface area contributed by atoms with Gasteiger partial charge in [-0.15, -0.1) is 10.2 Å². The van der Waals surface area contributed by atoms with Crippen molar-refractivity contribution in [3.8, 4) is 23.0 Å². The van der Waals surface area contributed by atoms with Gasteiger partial charge < -0.3 is 29.6 Å². The quantitative estimate of drug-likeness (QED) is 0.0128. The monoisotopic (exact) mass is 1460 g/mol. The number of anilines is 2. The average molecular weight is 1460 g/mol. The van der Waals surface area contributed by atoms with Crippen LogP contribution in [0.4, 0.5) is 56.0 Å². The number of allylic oxidation sites excluding steroid dienone is 5. The number of carbonyl (C=O) groups excluding carboxylic acids is 1. The van der Waals surface area contributed by atoms with E-state index in [2.05, 4.69) is 51.5 Å². The van der Waals surface area contributed by atoms with Crippen LogP contribution in [0.3, 0.4) is 0 Å². The number of methoxy groups -OCH3 is 2. The number of nitrogens with zero attached hydrogens (tertiary/aromatic N) is 8. The Hall–Kier alpha value is -8.87. The van der Waals surface area contributed by atoms with Crippen LogP contribution in [0.15, 0.2) is 163 Å². The maximum atomic E-state index is 14.0. The van der Waals surface area contributed by atoms with Gasteiger partial charge in [0.2, 0.25) is 0 Å². The summed E-state index contributed by atoms with van der Waals surface area (Å²) in [5.41, 5.74) is 3.78. The van der Waals surface area contributed by atoms with Crippen LogP contribution in [0.1, 0.15) is 61.8 Å². The number of benzene rings is 6. The van der Waals surface area contributed by atoms with Gasteiger partial charge in [-0.1, -0.05) is 6.07 Å². The van der Waals surface area contributed by atoms with Gasteiger partial charge in [0.15, 0.2) is 0 Å². The van der Waals surface area contributed by atoms with Crippen molar-refractivity contribution in [2.45, 2.75) is 82.3 Å². The fourth-order valence-corrected chi connectivity index (χ4v) is 12.3. The number of azo groups is 4. The number of carbonyl (C=O) groups is 1. The first kappa shape index (κ1) is 75.5. The average Bonchev–Trinajstić information content (AvgIpc) is 0.778. The molecule has 6 aromatic rings. The first-order valence-electron chi connectivity index (χ1n) is 28.3. The van der Waals surface area contributed by atoms with Crippen LogP contribution >= 0.6 is 0 Å². The zero-order valence-corrected chi connectivity index (χ0v) is 57.4. The molecule has 0 fully saturated rings. The van der Waals surface area contributed by atoms with Crippen LogP contribution in [-0.4, -0.2) is 128 Å². The van der Waals surface area contributed by atoms with Crippen molar-refractivity contribution in [3.05, 3.63) is 135 Å². The third kappa shape index (κ3) is 21.1. The fourth-order valence-electron chi connectivity index (χ4n) is 9.15. The van der Waals surface area contributed by atoms with Crippen molar-refractivity contribution in [3.63, 3.8) is 0 Å². The van der Waals surface area contributed by atoms with Crippen LogP contribution in [0, 0.1) is 27.7 Å². The molecule has 0 aliphatic heterocycles. The molecule has 0 radical (unpaired) electrons. The second kappa shape index (κ2) is 30.7. The van der Waals surface area contributed by atoms with Crippen LogP contribution in [0.25, 0.3) is 10.8 Å². The molecule has 97 heavy (non-hydrogen) atoms. The number of rotatable bonds is 28. The lowest BCUT2D eigenvalue weighted by Crippen LogP contribution is -2.21. The van der Waals surface area contributed by atoms with E-state index in [9.17, 15) is 82.6 Å². The number of urea groups is 1. The Morgan fingerprint density at radius 3 is 1.41 bits per heavy atom. The van der Waals surface area contributed by atoms with Crippen molar-refractivity contribution in [2.24, 2.45) is 40.9 Å². The van der Waals surface area contributed by atoms with Gasteiger partial charge in [0.1, 0.15) is 44.5 Å². The Morgan fingerprint density at radius 2 is 0.979 bits per heavy atom. The second-order valence-corrected chi connectivity index (χ2v) is 30.8. The van der Waals surface area contributed by atoms with Crippen LogP contribution in [0.2, 0.25) is 0 Å². The number of ether oxygens (including phenoxy) is 4. The number of hydrogen-bond acceptors (Lipinski definition) is 25. The smallest absolute Gasteiger partial charge is 0.323 e. The van der Waals surface area contributed by atoms with Crippen molar-refractivity contribution in [1.29, 1.82) is 0 Å². The van der Waals surface area contributed by atoms with Gasteiger partial charge in [-0.2, -0.15) is 81.2 Å². The molecule has 520 valence electrons. The summed E-state index contributed by atoms with van der Waals surface area (Å²) in [6.45, 7) is 8.33. The van der Waals surface area contributed by atoms with Gasteiger partial charge in [-0.25, -0.2) is 4.79 Å². The number of fused-ring (bicyclic) bond motifs is 1. The Bertz CT molecular complexity index is 5080. The Labute approximate surface area is 557 Å². The normalized spacial score (nSPS) is 14.2. The first-order valence-corrected chi connectivity index (χ1v) is 37.3. The van der Waals surface area contributed by atoms with Crippen LogP contribution in [0.5, 0.6) is 23.0 Å². The summed E-state index contributed by atoms with van der Waals surface area (Å²) in [5, 5.41) is 38.5. The van der Waals surface area contributed by atoms with E-state index in [4.69, 9.17) is 18.9 Å². The molecule has 8 N–H and O–H groups in total. The summed E-state index contributed by atoms with van der Waals surface area (Å²) in [7, 11) is -25.2. The highest BCUT2D eigenvalue weighted by atomic mass is 32.2. The summed E-state index contributed by atoms with van der Waals surface area (Å²) in [4.78, 5) is 12.0. The molecule has 0 saturated carbocycles. The van der Waals surface area contributed by atoms with Gasteiger partial charge in [0.25, 0.3) is 60.7 Å². The molecule has 0 spiro atoms. The SMILES string of the molecule is COc1cc(N=NC2=CC(C(C)S(=O)(=O)O)=C(/C=C(\C)S(=O)(=O)O)CC2)c(C)cc1N=Nc1cc(OCCCS(=O)(=O)O)c(NC(=O)Nc2cc(C)c(N=Nc3cc(C)c(N=Nc4ccc5cc(S(=O)(=O)O)cc(S(=O)(=O)O)c5c4)cc3OC)cc2OCCCS(=O)(=O)O)cc1C. The molecule has 1 aliphatic carbocycles. The minimum Gasteiger partial charge on any atom is -0.494 e. The summed E-state index contributed by atoms with van der Waals surface area (Å²) < 4.78 is 223. The molecule has 0 aromatic heterocycles. The first-order chi connectivity index (χ1) is 45.1. The highest BCUT2D eigenvalue weighted by Crippen LogP contribution is 2.42. The summed E-state index contributed by atoms with van der Waals surface area (Å²) in [6.07, 6.45) is 2.32. The zero-order chi connectivity index (χ0) is 71.8. The van der Waals surface area contributed by atoms with Gasteiger partial charge >= 0.3 is 6.03 Å². The third-order valence-electron chi connectivity index (χ3n) is 14.2.